The monoisotopic (exact) mass is 293 g/mol. The number of hydrogen-bond acceptors (Lipinski definition) is 5. The zero-order chi connectivity index (χ0) is 12.6. The molecule has 0 rings (SSSR count). The Bertz CT molecular complexity index is 286. The first-order valence-corrected chi connectivity index (χ1v) is 5.25. The van der Waals surface area contributed by atoms with Crippen LogP contribution in [0.15, 0.2) is 11.3 Å². The number of unbranched alkanes of at least 4 members (excludes halogenated alkanes) is 1. The molecule has 0 aliphatic rings. The fourth-order valence-electron chi connectivity index (χ4n) is 0.943. The van der Waals surface area contributed by atoms with Crippen molar-refractivity contribution in [2.24, 2.45) is 0 Å². The van der Waals surface area contributed by atoms with Gasteiger partial charge in [-0.3, -0.25) is 4.79 Å². The molecule has 0 atom stereocenters. The molecule has 0 saturated carbocycles. The fourth-order valence-corrected chi connectivity index (χ4v) is 0.943. The van der Waals surface area contributed by atoms with Crippen molar-refractivity contribution >= 4 is 11.8 Å². The van der Waals surface area contributed by atoms with E-state index in [1.54, 1.807) is 0 Å². The molecule has 17 heavy (non-hydrogen) atoms. The van der Waals surface area contributed by atoms with Crippen molar-refractivity contribution in [2.75, 3.05) is 13.2 Å². The van der Waals surface area contributed by atoms with Gasteiger partial charge >= 0.3 is 5.97 Å². The number of ether oxygens (including phenoxy) is 1. The largest absolute Gasteiger partial charge is 0.504 e. The molecule has 0 aromatic rings. The van der Waals surface area contributed by atoms with Crippen LogP contribution in [0.1, 0.15) is 33.1 Å². The van der Waals surface area contributed by atoms with E-state index in [4.69, 9.17) is 9.84 Å². The predicted molar refractivity (Wildman–Crippen MR) is 57.9 cm³/mol. The fraction of sp³-hybridized carbons (Fsp3) is 0.636. The van der Waals surface area contributed by atoms with Gasteiger partial charge in [0.2, 0.25) is 0 Å². The molecule has 5 nitrogen and oxygen atoms in total. The summed E-state index contributed by atoms with van der Waals surface area (Å²) in [6.45, 7) is 3.19. The van der Waals surface area contributed by atoms with Gasteiger partial charge < -0.3 is 14.9 Å². The van der Waals surface area contributed by atoms with Gasteiger partial charge in [-0.2, -0.15) is 0 Å². The third kappa shape index (κ3) is 7.15. The van der Waals surface area contributed by atoms with E-state index in [1.165, 1.54) is 6.92 Å². The van der Waals surface area contributed by atoms with Crippen LogP contribution in [0.2, 0.25) is 0 Å². The van der Waals surface area contributed by atoms with Gasteiger partial charge in [0.1, 0.15) is 0 Å². The summed E-state index contributed by atoms with van der Waals surface area (Å²) in [4.78, 5) is 22.5. The van der Waals surface area contributed by atoms with E-state index in [1.807, 2.05) is 6.92 Å². The van der Waals surface area contributed by atoms with Gasteiger partial charge in [0.15, 0.2) is 11.5 Å². The molecule has 0 heterocycles. The third-order valence-electron chi connectivity index (χ3n) is 2.00. The van der Waals surface area contributed by atoms with Gasteiger partial charge in [-0.25, -0.2) is 4.79 Å². The summed E-state index contributed by atoms with van der Waals surface area (Å²) in [7, 11) is 0. The van der Waals surface area contributed by atoms with Crippen molar-refractivity contribution in [3.63, 3.8) is 0 Å². The minimum atomic E-state index is -0.697. The Morgan fingerprint density at radius 1 is 1.29 bits per heavy atom. The number of Topliss-reactive ketones (excluding diaryl/α,β-unsaturated/α-hetero) is 1. The zero-order valence-electron chi connectivity index (χ0n) is 9.96. The van der Waals surface area contributed by atoms with E-state index in [2.05, 4.69) is 0 Å². The number of rotatable bonds is 7. The van der Waals surface area contributed by atoms with Crippen LogP contribution in [0.5, 0.6) is 0 Å². The number of allylic oxidation sites excluding steroid dienone is 1. The van der Waals surface area contributed by atoms with Gasteiger partial charge in [0, 0.05) is 23.5 Å². The summed E-state index contributed by atoms with van der Waals surface area (Å²) in [6, 6.07) is 0. The summed E-state index contributed by atoms with van der Waals surface area (Å²) in [5, 5.41) is 17.9. The molecule has 103 valence electrons. The summed E-state index contributed by atoms with van der Waals surface area (Å²) in [5.41, 5.74) is -0.116. The molecule has 0 unspecified atom stereocenters. The first kappa shape index (κ1) is 18.5. The molecule has 0 aromatic carbocycles. The molecule has 6 heteroatoms. The maximum atomic E-state index is 11.3. The topological polar surface area (TPSA) is 83.8 Å². The minimum Gasteiger partial charge on any atom is -0.504 e. The molecular weight excluding hydrogens is 276 g/mol. The molecule has 0 aliphatic heterocycles. The van der Waals surface area contributed by atoms with E-state index in [0.717, 1.165) is 12.8 Å². The average molecular weight is 294 g/mol. The first-order chi connectivity index (χ1) is 7.54. The Kier molecular flexibility index (Phi) is 11.2. The second-order valence-electron chi connectivity index (χ2n) is 3.36. The van der Waals surface area contributed by atoms with Crippen molar-refractivity contribution in [3.8, 4) is 0 Å². The van der Waals surface area contributed by atoms with Crippen LogP contribution in [0.25, 0.3) is 0 Å². The van der Waals surface area contributed by atoms with Crippen LogP contribution < -0.4 is 0 Å². The molecule has 0 bridgehead atoms. The number of carbonyl (C=O) groups is 2. The van der Waals surface area contributed by atoms with Crippen molar-refractivity contribution in [3.05, 3.63) is 11.3 Å². The Balaban J connectivity index is 0. The summed E-state index contributed by atoms with van der Waals surface area (Å²) < 4.78 is 4.82. The van der Waals surface area contributed by atoms with Gasteiger partial charge in [-0.15, -0.1) is 0 Å². The normalized spacial score (nSPS) is 11.2. The molecular formula is C11H18CuO5. The van der Waals surface area contributed by atoms with Gasteiger partial charge in [0.05, 0.1) is 18.8 Å². The van der Waals surface area contributed by atoms with Crippen molar-refractivity contribution in [1.29, 1.82) is 0 Å². The third-order valence-corrected chi connectivity index (χ3v) is 2.00. The second-order valence-corrected chi connectivity index (χ2v) is 3.36. The molecule has 0 spiro atoms. The minimum absolute atomic E-state index is 0. The van der Waals surface area contributed by atoms with Crippen LogP contribution >= 0.6 is 0 Å². The number of esters is 1. The van der Waals surface area contributed by atoms with E-state index >= 15 is 0 Å². The van der Waals surface area contributed by atoms with E-state index in [-0.39, 0.29) is 42.3 Å². The number of aliphatic hydroxyl groups is 2. The summed E-state index contributed by atoms with van der Waals surface area (Å²) >= 11 is 0. The van der Waals surface area contributed by atoms with Crippen molar-refractivity contribution < 1.29 is 41.6 Å². The van der Waals surface area contributed by atoms with E-state index in [0.29, 0.717) is 0 Å². The molecule has 0 saturated heterocycles. The molecule has 0 amide bonds. The van der Waals surface area contributed by atoms with Crippen LogP contribution in [-0.4, -0.2) is 35.2 Å². The van der Waals surface area contributed by atoms with Gasteiger partial charge in [-0.05, 0) is 13.3 Å². The molecule has 0 aromatic heterocycles. The Morgan fingerprint density at radius 3 is 2.35 bits per heavy atom. The van der Waals surface area contributed by atoms with Crippen molar-refractivity contribution in [1.82, 2.24) is 0 Å². The first-order valence-electron chi connectivity index (χ1n) is 5.25. The average Bonchev–Trinajstić information content (AvgIpc) is 2.27. The number of aliphatic hydroxyl groups excluding tert-OH is 2. The Hall–Kier alpha value is -0.841. The van der Waals surface area contributed by atoms with Crippen molar-refractivity contribution in [2.45, 2.75) is 33.1 Å². The Morgan fingerprint density at radius 2 is 1.88 bits per heavy atom. The summed E-state index contributed by atoms with van der Waals surface area (Å²) in [6.07, 6.45) is 1.43. The van der Waals surface area contributed by atoms with Crippen LogP contribution in [0, 0.1) is 0 Å². The van der Waals surface area contributed by atoms with E-state index in [9.17, 15) is 14.7 Å². The Labute approximate surface area is 111 Å². The number of ketones is 1. The molecule has 1 radical (unpaired) electrons. The van der Waals surface area contributed by atoms with Crippen LogP contribution in [0.4, 0.5) is 0 Å². The summed E-state index contributed by atoms with van der Waals surface area (Å²) in [5.74, 6) is -1.99. The van der Waals surface area contributed by atoms with Crippen LogP contribution in [0.3, 0.4) is 0 Å². The maximum absolute atomic E-state index is 11.3. The molecule has 0 aliphatic carbocycles. The molecule has 0 fully saturated rings. The SMILES string of the molecule is CCCCOC(=O)/C(C)=C(\O)C(=O)CCO.[Cu]. The maximum Gasteiger partial charge on any atom is 0.337 e. The number of hydrogen-bond donors (Lipinski definition) is 2. The molecule has 2 N–H and O–H groups in total. The predicted octanol–water partition coefficient (Wildman–Crippen LogP) is 1.11. The smallest absolute Gasteiger partial charge is 0.337 e. The van der Waals surface area contributed by atoms with Gasteiger partial charge in [0.25, 0.3) is 0 Å². The standard InChI is InChI=1S/C11H18O5.Cu/c1-3-4-7-16-11(15)8(2)10(14)9(13)5-6-12;/h12,14H,3-7H2,1-2H3;/b10-8-;. The number of carbonyl (C=O) groups excluding carboxylic acids is 2. The quantitative estimate of drug-likeness (QED) is 0.241. The van der Waals surface area contributed by atoms with Crippen LogP contribution in [-0.2, 0) is 31.4 Å². The van der Waals surface area contributed by atoms with E-state index < -0.39 is 17.5 Å². The van der Waals surface area contributed by atoms with Gasteiger partial charge in [-0.1, -0.05) is 13.3 Å². The second kappa shape index (κ2) is 10.3. The zero-order valence-corrected chi connectivity index (χ0v) is 10.9.